The molecular weight excluding hydrogens is 383 g/mol. The summed E-state index contributed by atoms with van der Waals surface area (Å²) in [5.74, 6) is -0.767. The molecule has 2 unspecified atom stereocenters. The monoisotopic (exact) mass is 396 g/mol. The van der Waals surface area contributed by atoms with Crippen LogP contribution in [0.15, 0.2) is 41.3 Å². The van der Waals surface area contributed by atoms with Crippen LogP contribution in [-0.4, -0.2) is 22.2 Å². The van der Waals surface area contributed by atoms with E-state index in [0.717, 1.165) is 10.5 Å². The van der Waals surface area contributed by atoms with Gasteiger partial charge in [-0.2, -0.15) is 0 Å². The first-order valence-corrected chi connectivity index (χ1v) is 8.97. The zero-order valence-corrected chi connectivity index (χ0v) is 15.2. The molecule has 2 atom stereocenters. The van der Waals surface area contributed by atoms with Crippen molar-refractivity contribution in [1.29, 1.82) is 5.41 Å². The van der Waals surface area contributed by atoms with Crippen LogP contribution < -0.4 is 10.5 Å². The Morgan fingerprint density at radius 3 is 2.56 bits per heavy atom. The van der Waals surface area contributed by atoms with Crippen LogP contribution >= 0.6 is 35.0 Å². The van der Waals surface area contributed by atoms with Crippen molar-refractivity contribution in [3.63, 3.8) is 0 Å². The fourth-order valence-electron chi connectivity index (χ4n) is 2.54. The Kier molecular flexibility index (Phi) is 5.13. The van der Waals surface area contributed by atoms with Crippen LogP contribution in [0.2, 0.25) is 10.0 Å². The molecule has 0 aromatic heterocycles. The Morgan fingerprint density at radius 1 is 1.28 bits per heavy atom. The van der Waals surface area contributed by atoms with E-state index in [4.69, 9.17) is 39.1 Å². The highest BCUT2D eigenvalue weighted by molar-refractivity contribution is 8.01. The highest BCUT2D eigenvalue weighted by atomic mass is 35.5. The van der Waals surface area contributed by atoms with E-state index in [1.54, 1.807) is 30.3 Å². The molecule has 130 valence electrons. The average molecular weight is 397 g/mol. The van der Waals surface area contributed by atoms with Crippen molar-refractivity contribution in [2.75, 3.05) is 0 Å². The number of thioether (sulfide) groups is 1. The zero-order valence-electron chi connectivity index (χ0n) is 12.8. The first-order chi connectivity index (χ1) is 11.9. The number of nitrogens with one attached hydrogen (secondary N) is 1. The molecule has 0 fully saturated rings. The van der Waals surface area contributed by atoms with Gasteiger partial charge in [-0.15, -0.1) is 11.8 Å². The Hall–Kier alpha value is -1.89. The molecule has 0 bridgehead atoms. The number of aliphatic carboxylic acids is 1. The van der Waals surface area contributed by atoms with Crippen LogP contribution in [0.25, 0.3) is 0 Å². The second-order valence-electron chi connectivity index (χ2n) is 5.52. The number of benzene rings is 2. The minimum absolute atomic E-state index is 0.0873. The van der Waals surface area contributed by atoms with Gasteiger partial charge in [0.1, 0.15) is 11.6 Å². The van der Waals surface area contributed by atoms with E-state index in [-0.39, 0.29) is 16.8 Å². The minimum atomic E-state index is -1.21. The van der Waals surface area contributed by atoms with Crippen molar-refractivity contribution in [2.24, 2.45) is 5.73 Å². The number of carbonyl (C=O) groups is 1. The number of halogens is 2. The van der Waals surface area contributed by atoms with Crippen LogP contribution in [0.1, 0.15) is 17.2 Å². The fraction of sp³-hybridized carbons (Fsp3) is 0.176. The van der Waals surface area contributed by atoms with Crippen LogP contribution in [-0.2, 0) is 11.2 Å². The fourth-order valence-corrected chi connectivity index (χ4v) is 4.21. The summed E-state index contributed by atoms with van der Waals surface area (Å²) in [5, 5.41) is 17.8. The zero-order chi connectivity index (χ0) is 18.1. The summed E-state index contributed by atoms with van der Waals surface area (Å²) in [6.07, 6.45) is -0.586. The molecule has 3 rings (SSSR count). The molecule has 1 heterocycles. The summed E-state index contributed by atoms with van der Waals surface area (Å²) in [6, 6.07) is 9.89. The molecule has 0 saturated carbocycles. The van der Waals surface area contributed by atoms with Gasteiger partial charge in [-0.1, -0.05) is 41.4 Å². The van der Waals surface area contributed by atoms with E-state index >= 15 is 0 Å². The van der Waals surface area contributed by atoms with Crippen LogP contribution in [0.3, 0.4) is 0 Å². The van der Waals surface area contributed by atoms with Crippen molar-refractivity contribution in [3.05, 3.63) is 57.6 Å². The number of hydrogen-bond acceptors (Lipinski definition) is 4. The Morgan fingerprint density at radius 2 is 1.96 bits per heavy atom. The van der Waals surface area contributed by atoms with Gasteiger partial charge in [0.15, 0.2) is 0 Å². The van der Waals surface area contributed by atoms with Gasteiger partial charge in [0, 0.05) is 15.5 Å². The summed E-state index contributed by atoms with van der Waals surface area (Å²) in [7, 11) is 0. The lowest BCUT2D eigenvalue weighted by atomic mass is 10.1. The number of rotatable bonds is 5. The van der Waals surface area contributed by atoms with E-state index in [2.05, 4.69) is 0 Å². The second-order valence-corrected chi connectivity index (χ2v) is 7.55. The van der Waals surface area contributed by atoms with Gasteiger partial charge in [0.05, 0.1) is 10.3 Å². The van der Waals surface area contributed by atoms with Crippen LogP contribution in [0, 0.1) is 5.41 Å². The normalized spacial score (nSPS) is 17.0. The average Bonchev–Trinajstić information content (AvgIpc) is 3.00. The van der Waals surface area contributed by atoms with Gasteiger partial charge in [-0.25, -0.2) is 4.79 Å². The standard InChI is InChI=1S/C17H14Cl2N2O3S/c18-10-4-1-8(2-5-10)14(17(22)23)24-11-6-3-9-7-12(16(20)21)25-15(9)13(11)19/h1-6,12,14H,7H2,(H3,20,21)(H,22,23). The SMILES string of the molecule is N=C(N)C1Cc2ccc(OC(C(=O)O)c3ccc(Cl)cc3)c(Cl)c2S1. The predicted octanol–water partition coefficient (Wildman–Crippen LogP) is 4.15. The molecule has 5 nitrogen and oxygen atoms in total. The summed E-state index contributed by atoms with van der Waals surface area (Å²) < 4.78 is 5.68. The number of hydrogen-bond donors (Lipinski definition) is 3. The molecule has 2 aromatic rings. The quantitative estimate of drug-likeness (QED) is 0.520. The van der Waals surface area contributed by atoms with Crippen LogP contribution in [0.4, 0.5) is 0 Å². The van der Waals surface area contributed by atoms with E-state index < -0.39 is 12.1 Å². The molecule has 0 amide bonds. The lowest BCUT2D eigenvalue weighted by Gasteiger charge is -2.17. The number of ether oxygens (including phenoxy) is 1. The maximum absolute atomic E-state index is 11.6. The highest BCUT2D eigenvalue weighted by Gasteiger charge is 2.30. The maximum Gasteiger partial charge on any atom is 0.349 e. The van der Waals surface area contributed by atoms with E-state index in [0.29, 0.717) is 22.0 Å². The van der Waals surface area contributed by atoms with Gasteiger partial charge in [0.2, 0.25) is 6.10 Å². The second kappa shape index (κ2) is 7.15. The van der Waals surface area contributed by atoms with Crippen molar-refractivity contribution in [3.8, 4) is 5.75 Å². The van der Waals surface area contributed by atoms with Gasteiger partial charge >= 0.3 is 5.97 Å². The van der Waals surface area contributed by atoms with Crippen molar-refractivity contribution in [2.45, 2.75) is 22.7 Å². The molecule has 1 aliphatic rings. The number of carboxylic acid groups (broad SMARTS) is 1. The molecule has 8 heteroatoms. The molecule has 0 spiro atoms. The number of amidine groups is 1. The third-order valence-electron chi connectivity index (χ3n) is 3.80. The summed E-state index contributed by atoms with van der Waals surface area (Å²) >= 11 is 13.7. The molecule has 2 aromatic carbocycles. The molecule has 0 saturated heterocycles. The van der Waals surface area contributed by atoms with Crippen molar-refractivity contribution < 1.29 is 14.6 Å². The summed E-state index contributed by atoms with van der Waals surface area (Å²) in [5.41, 5.74) is 7.01. The topological polar surface area (TPSA) is 96.4 Å². The first-order valence-electron chi connectivity index (χ1n) is 7.33. The van der Waals surface area contributed by atoms with Gasteiger partial charge in [0.25, 0.3) is 0 Å². The van der Waals surface area contributed by atoms with Gasteiger partial charge in [-0.3, -0.25) is 5.41 Å². The van der Waals surface area contributed by atoms with Crippen LogP contribution in [0.5, 0.6) is 5.75 Å². The van der Waals surface area contributed by atoms with Crippen molar-refractivity contribution in [1.82, 2.24) is 0 Å². The largest absolute Gasteiger partial charge is 0.478 e. The molecule has 1 aliphatic heterocycles. The van der Waals surface area contributed by atoms with Gasteiger partial charge < -0.3 is 15.6 Å². The summed E-state index contributed by atoms with van der Waals surface area (Å²) in [6.45, 7) is 0. The Bertz CT molecular complexity index is 843. The molecule has 25 heavy (non-hydrogen) atoms. The van der Waals surface area contributed by atoms with E-state index in [9.17, 15) is 9.90 Å². The van der Waals surface area contributed by atoms with E-state index in [1.165, 1.54) is 11.8 Å². The highest BCUT2D eigenvalue weighted by Crippen LogP contribution is 2.46. The number of carboxylic acids is 1. The molecular formula is C17H14Cl2N2O3S. The lowest BCUT2D eigenvalue weighted by molar-refractivity contribution is -0.145. The molecule has 4 N–H and O–H groups in total. The predicted molar refractivity (Wildman–Crippen MR) is 99.2 cm³/mol. The number of nitrogens with two attached hydrogens (primary N) is 1. The third-order valence-corrected chi connectivity index (χ3v) is 5.94. The maximum atomic E-state index is 11.6. The molecule has 0 aliphatic carbocycles. The third kappa shape index (κ3) is 3.71. The lowest BCUT2D eigenvalue weighted by Crippen LogP contribution is -2.24. The van der Waals surface area contributed by atoms with Crippen molar-refractivity contribution >= 4 is 46.8 Å². The summed E-state index contributed by atoms with van der Waals surface area (Å²) in [4.78, 5) is 12.4. The smallest absolute Gasteiger partial charge is 0.349 e. The minimum Gasteiger partial charge on any atom is -0.478 e. The molecule has 0 radical (unpaired) electrons. The Labute approximate surface area is 158 Å². The van der Waals surface area contributed by atoms with Gasteiger partial charge in [-0.05, 0) is 30.2 Å². The Balaban J connectivity index is 1.90. The van der Waals surface area contributed by atoms with E-state index in [1.807, 2.05) is 6.07 Å². The first kappa shape index (κ1) is 17.9. The number of fused-ring (bicyclic) bond motifs is 1.